The molecule has 1 unspecified atom stereocenters. The SMILES string of the molecule is CCCCC(O[P+](O)(O)c1ccccc1)c1ccccc1. The van der Waals surface area contributed by atoms with Gasteiger partial charge in [-0.05, 0) is 24.1 Å². The number of hydrogen-bond donors (Lipinski definition) is 2. The summed E-state index contributed by atoms with van der Waals surface area (Å²) in [5, 5.41) is 0.447. The summed E-state index contributed by atoms with van der Waals surface area (Å²) < 4.78 is 5.73. The van der Waals surface area contributed by atoms with Crippen LogP contribution in [-0.4, -0.2) is 9.79 Å². The molecule has 3 nitrogen and oxygen atoms in total. The molecule has 1 atom stereocenters. The Morgan fingerprint density at radius 1 is 0.952 bits per heavy atom. The van der Waals surface area contributed by atoms with E-state index in [-0.39, 0.29) is 6.10 Å². The van der Waals surface area contributed by atoms with Crippen LogP contribution in [0.1, 0.15) is 37.9 Å². The normalized spacial score (nSPS) is 13.1. The summed E-state index contributed by atoms with van der Waals surface area (Å²) in [5.74, 6) is 0. The molecule has 0 saturated heterocycles. The zero-order valence-corrected chi connectivity index (χ0v) is 13.1. The topological polar surface area (TPSA) is 49.7 Å². The highest BCUT2D eigenvalue weighted by Gasteiger charge is 2.42. The first kappa shape index (κ1) is 16.1. The van der Waals surface area contributed by atoms with E-state index in [2.05, 4.69) is 6.92 Å². The number of unbranched alkanes of at least 4 members (excludes halogenated alkanes) is 1. The van der Waals surface area contributed by atoms with E-state index in [4.69, 9.17) is 4.52 Å². The lowest BCUT2D eigenvalue weighted by molar-refractivity contribution is 0.151. The predicted octanol–water partition coefficient (Wildman–Crippen LogP) is 4.01. The Bertz CT molecular complexity index is 528. The lowest BCUT2D eigenvalue weighted by Crippen LogP contribution is -2.16. The van der Waals surface area contributed by atoms with Crippen LogP contribution in [0.4, 0.5) is 0 Å². The van der Waals surface area contributed by atoms with Crippen molar-refractivity contribution < 1.29 is 14.3 Å². The second-order valence-electron chi connectivity index (χ2n) is 5.03. The monoisotopic (exact) mass is 305 g/mol. The molecule has 2 rings (SSSR count). The average molecular weight is 305 g/mol. The lowest BCUT2D eigenvalue weighted by atomic mass is 10.0. The second-order valence-corrected chi connectivity index (χ2v) is 6.84. The van der Waals surface area contributed by atoms with Gasteiger partial charge in [-0.25, -0.2) is 0 Å². The quantitative estimate of drug-likeness (QED) is 0.760. The third-order valence-electron chi connectivity index (χ3n) is 3.36. The predicted molar refractivity (Wildman–Crippen MR) is 87.2 cm³/mol. The fourth-order valence-electron chi connectivity index (χ4n) is 2.20. The highest BCUT2D eigenvalue weighted by Crippen LogP contribution is 2.54. The summed E-state index contributed by atoms with van der Waals surface area (Å²) in [6.07, 6.45) is 2.50. The van der Waals surface area contributed by atoms with Crippen LogP contribution in [0.25, 0.3) is 0 Å². The fourth-order valence-corrected chi connectivity index (χ4v) is 3.46. The van der Waals surface area contributed by atoms with Crippen LogP contribution in [0.2, 0.25) is 0 Å². The molecule has 0 amide bonds. The van der Waals surface area contributed by atoms with Crippen molar-refractivity contribution >= 4 is 13.2 Å². The van der Waals surface area contributed by atoms with E-state index in [1.807, 2.05) is 36.4 Å². The molecule has 0 saturated carbocycles. The Morgan fingerprint density at radius 3 is 2.10 bits per heavy atom. The Hall–Kier alpha value is -1.25. The third kappa shape index (κ3) is 4.62. The summed E-state index contributed by atoms with van der Waals surface area (Å²) in [6.45, 7) is 2.11. The van der Waals surface area contributed by atoms with Crippen molar-refractivity contribution in [3.63, 3.8) is 0 Å². The Kier molecular flexibility index (Phi) is 5.89. The molecule has 0 aromatic heterocycles. The lowest BCUT2D eigenvalue weighted by Gasteiger charge is -2.19. The first-order valence-corrected chi connectivity index (χ1v) is 8.88. The smallest absolute Gasteiger partial charge is 0.188 e. The van der Waals surface area contributed by atoms with Crippen LogP contribution in [0.3, 0.4) is 0 Å². The van der Waals surface area contributed by atoms with Crippen LogP contribution in [0.15, 0.2) is 60.7 Å². The standard InChI is InChI=1S/C17H22O3P/c1-2-3-14-17(15-10-6-4-7-11-15)20-21(18,19)16-12-8-5-9-13-16/h4-13,17-19H,2-3,14H2,1H3/q+1. The third-order valence-corrected chi connectivity index (χ3v) is 4.88. The Morgan fingerprint density at radius 2 is 1.52 bits per heavy atom. The molecule has 4 heteroatoms. The van der Waals surface area contributed by atoms with Gasteiger partial charge >= 0.3 is 7.94 Å². The van der Waals surface area contributed by atoms with Gasteiger partial charge in [-0.2, -0.15) is 14.3 Å². The zero-order valence-electron chi connectivity index (χ0n) is 12.2. The van der Waals surface area contributed by atoms with Crippen LogP contribution < -0.4 is 5.30 Å². The van der Waals surface area contributed by atoms with Crippen LogP contribution in [0.5, 0.6) is 0 Å². The maximum absolute atomic E-state index is 10.4. The van der Waals surface area contributed by atoms with Gasteiger partial charge < -0.3 is 0 Å². The van der Waals surface area contributed by atoms with Gasteiger partial charge in [-0.15, -0.1) is 0 Å². The van der Waals surface area contributed by atoms with Gasteiger partial charge in [-0.1, -0.05) is 68.3 Å². The van der Waals surface area contributed by atoms with E-state index in [9.17, 15) is 9.79 Å². The molecule has 0 aliphatic carbocycles. The van der Waals surface area contributed by atoms with Crippen LogP contribution in [0, 0.1) is 0 Å². The molecule has 0 aliphatic rings. The molecule has 2 N–H and O–H groups in total. The van der Waals surface area contributed by atoms with E-state index in [1.54, 1.807) is 24.3 Å². The van der Waals surface area contributed by atoms with Crippen molar-refractivity contribution in [3.8, 4) is 0 Å². The molecular formula is C17H22O3P+. The zero-order chi connectivity index (χ0) is 15.1. The minimum atomic E-state index is -3.56. The van der Waals surface area contributed by atoms with Gasteiger partial charge in [0.05, 0.1) is 0 Å². The summed E-state index contributed by atoms with van der Waals surface area (Å²) >= 11 is 0. The van der Waals surface area contributed by atoms with Crippen molar-refractivity contribution in [1.29, 1.82) is 0 Å². The minimum absolute atomic E-state index is 0.297. The largest absolute Gasteiger partial charge is 0.444 e. The van der Waals surface area contributed by atoms with Crippen LogP contribution >= 0.6 is 7.94 Å². The van der Waals surface area contributed by atoms with E-state index < -0.39 is 7.94 Å². The molecular weight excluding hydrogens is 283 g/mol. The molecule has 0 radical (unpaired) electrons. The first-order chi connectivity index (χ1) is 10.1. The van der Waals surface area contributed by atoms with Gasteiger partial charge in [0.1, 0.15) is 6.10 Å². The van der Waals surface area contributed by atoms with Gasteiger partial charge in [0.2, 0.25) is 0 Å². The molecule has 0 aliphatic heterocycles. The Labute approximate surface area is 126 Å². The van der Waals surface area contributed by atoms with E-state index >= 15 is 0 Å². The molecule has 0 spiro atoms. The van der Waals surface area contributed by atoms with E-state index in [0.29, 0.717) is 5.30 Å². The number of hydrogen-bond acceptors (Lipinski definition) is 3. The average Bonchev–Trinajstić information content (AvgIpc) is 2.53. The van der Waals surface area contributed by atoms with Gasteiger partial charge in [0, 0.05) is 0 Å². The molecule has 112 valence electrons. The van der Waals surface area contributed by atoms with Crippen molar-refractivity contribution in [1.82, 2.24) is 0 Å². The van der Waals surface area contributed by atoms with Crippen molar-refractivity contribution in [2.75, 3.05) is 0 Å². The van der Waals surface area contributed by atoms with Gasteiger partial charge in [0.25, 0.3) is 0 Å². The summed E-state index contributed by atoms with van der Waals surface area (Å²) in [5.41, 5.74) is 0.981. The highest BCUT2D eigenvalue weighted by molar-refractivity contribution is 7.67. The van der Waals surface area contributed by atoms with E-state index in [0.717, 1.165) is 24.8 Å². The Balaban J connectivity index is 2.18. The highest BCUT2D eigenvalue weighted by atomic mass is 31.2. The first-order valence-electron chi connectivity index (χ1n) is 7.27. The molecule has 2 aromatic rings. The van der Waals surface area contributed by atoms with E-state index in [1.165, 1.54) is 0 Å². The summed E-state index contributed by atoms with van der Waals surface area (Å²) in [6, 6.07) is 18.5. The van der Waals surface area contributed by atoms with Crippen molar-refractivity contribution in [2.45, 2.75) is 32.3 Å². The number of benzene rings is 2. The summed E-state index contributed by atoms with van der Waals surface area (Å²) in [4.78, 5) is 20.7. The molecule has 2 aromatic carbocycles. The van der Waals surface area contributed by atoms with Gasteiger partial charge in [0.15, 0.2) is 5.30 Å². The minimum Gasteiger partial charge on any atom is -0.188 e. The van der Waals surface area contributed by atoms with Crippen LogP contribution in [-0.2, 0) is 4.52 Å². The summed E-state index contributed by atoms with van der Waals surface area (Å²) in [7, 11) is -3.56. The maximum atomic E-state index is 10.4. The maximum Gasteiger partial charge on any atom is 0.444 e. The number of rotatable bonds is 7. The molecule has 21 heavy (non-hydrogen) atoms. The fraction of sp³-hybridized carbons (Fsp3) is 0.294. The van der Waals surface area contributed by atoms with Crippen molar-refractivity contribution in [3.05, 3.63) is 66.2 Å². The molecule has 0 heterocycles. The van der Waals surface area contributed by atoms with Gasteiger partial charge in [-0.3, -0.25) is 0 Å². The molecule has 0 bridgehead atoms. The second kappa shape index (κ2) is 7.67. The molecule has 0 fully saturated rings. The van der Waals surface area contributed by atoms with Crippen molar-refractivity contribution in [2.24, 2.45) is 0 Å².